The number of hydrogen-bond acceptors (Lipinski definition) is 5. The molecule has 1 heterocycles. The van der Waals surface area contributed by atoms with E-state index < -0.39 is 10.0 Å². The lowest BCUT2D eigenvalue weighted by Gasteiger charge is -2.10. The third kappa shape index (κ3) is 3.80. The maximum absolute atomic E-state index is 12.4. The summed E-state index contributed by atoms with van der Waals surface area (Å²) in [4.78, 5) is 0. The lowest BCUT2D eigenvalue weighted by Crippen LogP contribution is -2.15. The minimum absolute atomic E-state index is 0.0798. The highest BCUT2D eigenvalue weighted by Gasteiger charge is 2.14. The van der Waals surface area contributed by atoms with Crippen molar-refractivity contribution in [3.05, 3.63) is 65.5 Å². The monoisotopic (exact) mass is 343 g/mol. The van der Waals surface area contributed by atoms with E-state index in [9.17, 15) is 8.42 Å². The maximum atomic E-state index is 12.4. The molecule has 2 aromatic carbocycles. The maximum Gasteiger partial charge on any atom is 0.247 e. The SMILES string of the molecule is Cc1nnc(-c2cccc(NS(=O)(=O)Cc3ccccc3C)c2)o1. The van der Waals surface area contributed by atoms with Gasteiger partial charge in [0, 0.05) is 18.2 Å². The van der Waals surface area contributed by atoms with Crippen molar-refractivity contribution in [3.63, 3.8) is 0 Å². The molecule has 24 heavy (non-hydrogen) atoms. The first-order valence-corrected chi connectivity index (χ1v) is 9.04. The normalized spacial score (nSPS) is 11.4. The van der Waals surface area contributed by atoms with Gasteiger partial charge in [0.25, 0.3) is 0 Å². The molecule has 3 rings (SSSR count). The number of rotatable bonds is 5. The summed E-state index contributed by atoms with van der Waals surface area (Å²) in [6.07, 6.45) is 0. The van der Waals surface area contributed by atoms with E-state index in [0.717, 1.165) is 11.1 Å². The molecule has 0 atom stereocenters. The van der Waals surface area contributed by atoms with E-state index >= 15 is 0 Å². The standard InChI is InChI=1S/C17H17N3O3S/c1-12-6-3-4-7-15(12)11-24(21,22)20-16-9-5-8-14(10-16)17-19-18-13(2)23-17/h3-10,20H,11H2,1-2H3. The Morgan fingerprint density at radius 1 is 1.04 bits per heavy atom. The van der Waals surface area contributed by atoms with E-state index in [1.807, 2.05) is 31.2 Å². The van der Waals surface area contributed by atoms with Gasteiger partial charge < -0.3 is 4.42 Å². The second-order valence-electron chi connectivity index (χ2n) is 5.49. The molecule has 0 unspecified atom stereocenters. The van der Waals surface area contributed by atoms with Crippen molar-refractivity contribution in [2.45, 2.75) is 19.6 Å². The average molecular weight is 343 g/mol. The van der Waals surface area contributed by atoms with Gasteiger partial charge in [0.05, 0.1) is 5.75 Å². The van der Waals surface area contributed by atoms with E-state index in [1.165, 1.54) is 0 Å². The summed E-state index contributed by atoms with van der Waals surface area (Å²) < 4.78 is 32.8. The van der Waals surface area contributed by atoms with E-state index in [2.05, 4.69) is 14.9 Å². The van der Waals surface area contributed by atoms with Crippen LogP contribution in [0.15, 0.2) is 52.9 Å². The van der Waals surface area contributed by atoms with Gasteiger partial charge in [-0.2, -0.15) is 0 Å². The summed E-state index contributed by atoms with van der Waals surface area (Å²) in [5, 5.41) is 7.72. The van der Waals surface area contributed by atoms with E-state index in [0.29, 0.717) is 23.0 Å². The molecular formula is C17H17N3O3S. The molecule has 0 radical (unpaired) electrons. The Balaban J connectivity index is 1.81. The molecule has 0 fully saturated rings. The van der Waals surface area contributed by atoms with Gasteiger partial charge in [-0.3, -0.25) is 4.72 Å². The number of aryl methyl sites for hydroxylation is 2. The van der Waals surface area contributed by atoms with Gasteiger partial charge in [0.2, 0.25) is 21.8 Å². The zero-order valence-corrected chi connectivity index (χ0v) is 14.2. The van der Waals surface area contributed by atoms with Gasteiger partial charge in [-0.15, -0.1) is 10.2 Å². The van der Waals surface area contributed by atoms with Crippen LogP contribution in [0, 0.1) is 13.8 Å². The molecule has 124 valence electrons. The highest BCUT2D eigenvalue weighted by atomic mass is 32.2. The molecule has 6 nitrogen and oxygen atoms in total. The first kappa shape index (κ1) is 16.2. The lowest BCUT2D eigenvalue weighted by atomic mass is 10.1. The van der Waals surface area contributed by atoms with E-state index in [-0.39, 0.29) is 5.75 Å². The first-order chi connectivity index (χ1) is 11.4. The predicted octanol–water partition coefficient (Wildman–Crippen LogP) is 3.30. The number of benzene rings is 2. The van der Waals surface area contributed by atoms with Crippen molar-refractivity contribution in [2.75, 3.05) is 4.72 Å². The molecule has 1 N–H and O–H groups in total. The largest absolute Gasteiger partial charge is 0.421 e. The Hall–Kier alpha value is -2.67. The van der Waals surface area contributed by atoms with Crippen LogP contribution in [-0.2, 0) is 15.8 Å². The summed E-state index contributed by atoms with van der Waals surface area (Å²) >= 11 is 0. The number of sulfonamides is 1. The molecule has 0 saturated carbocycles. The molecule has 0 amide bonds. The van der Waals surface area contributed by atoms with Crippen LogP contribution in [0.1, 0.15) is 17.0 Å². The van der Waals surface area contributed by atoms with Crippen LogP contribution in [0.5, 0.6) is 0 Å². The lowest BCUT2D eigenvalue weighted by molar-refractivity contribution is 0.533. The third-order valence-corrected chi connectivity index (χ3v) is 4.75. The minimum atomic E-state index is -3.52. The van der Waals surface area contributed by atoms with Crippen LogP contribution in [0.4, 0.5) is 5.69 Å². The number of anilines is 1. The predicted molar refractivity (Wildman–Crippen MR) is 91.9 cm³/mol. The Labute approximate surface area is 140 Å². The number of hydrogen-bond donors (Lipinski definition) is 1. The fourth-order valence-corrected chi connectivity index (χ4v) is 3.61. The zero-order valence-electron chi connectivity index (χ0n) is 13.4. The molecule has 0 aliphatic heterocycles. The van der Waals surface area contributed by atoms with Crippen molar-refractivity contribution < 1.29 is 12.8 Å². The third-order valence-electron chi connectivity index (χ3n) is 3.52. The molecule has 7 heteroatoms. The first-order valence-electron chi connectivity index (χ1n) is 7.38. The molecule has 1 aromatic heterocycles. The summed E-state index contributed by atoms with van der Waals surface area (Å²) in [7, 11) is -3.52. The molecule has 0 aliphatic carbocycles. The van der Waals surface area contributed by atoms with Gasteiger partial charge in [-0.05, 0) is 36.2 Å². The Morgan fingerprint density at radius 2 is 1.83 bits per heavy atom. The molecule has 0 aliphatic rings. The molecule has 0 spiro atoms. The Kier molecular flexibility index (Phi) is 4.35. The van der Waals surface area contributed by atoms with Gasteiger partial charge in [0.1, 0.15) is 0 Å². The quantitative estimate of drug-likeness (QED) is 0.768. The second kappa shape index (κ2) is 6.45. The smallest absolute Gasteiger partial charge is 0.247 e. The van der Waals surface area contributed by atoms with Gasteiger partial charge in [-0.25, -0.2) is 8.42 Å². The van der Waals surface area contributed by atoms with E-state index in [1.54, 1.807) is 31.2 Å². The van der Waals surface area contributed by atoms with Crippen molar-refractivity contribution >= 4 is 15.7 Å². The Morgan fingerprint density at radius 3 is 2.54 bits per heavy atom. The number of nitrogens with zero attached hydrogens (tertiary/aromatic N) is 2. The molecule has 3 aromatic rings. The highest BCUT2D eigenvalue weighted by Crippen LogP contribution is 2.22. The fourth-order valence-electron chi connectivity index (χ4n) is 2.32. The Bertz CT molecular complexity index is 964. The van der Waals surface area contributed by atoms with Crippen LogP contribution in [0.25, 0.3) is 11.5 Å². The second-order valence-corrected chi connectivity index (χ2v) is 7.22. The number of nitrogens with one attached hydrogen (secondary N) is 1. The fraction of sp³-hybridized carbons (Fsp3) is 0.176. The van der Waals surface area contributed by atoms with Crippen LogP contribution < -0.4 is 4.72 Å². The van der Waals surface area contributed by atoms with Crippen LogP contribution in [0.3, 0.4) is 0 Å². The van der Waals surface area contributed by atoms with Crippen LogP contribution in [0.2, 0.25) is 0 Å². The van der Waals surface area contributed by atoms with Gasteiger partial charge >= 0.3 is 0 Å². The van der Waals surface area contributed by atoms with Crippen LogP contribution in [-0.4, -0.2) is 18.6 Å². The zero-order chi connectivity index (χ0) is 17.2. The molecule has 0 bridgehead atoms. The topological polar surface area (TPSA) is 85.1 Å². The van der Waals surface area contributed by atoms with Gasteiger partial charge in [0.15, 0.2) is 0 Å². The summed E-state index contributed by atoms with van der Waals surface area (Å²) in [6.45, 7) is 3.59. The summed E-state index contributed by atoms with van der Waals surface area (Å²) in [6, 6.07) is 14.3. The van der Waals surface area contributed by atoms with Crippen molar-refractivity contribution in [2.24, 2.45) is 0 Å². The van der Waals surface area contributed by atoms with Crippen molar-refractivity contribution in [3.8, 4) is 11.5 Å². The van der Waals surface area contributed by atoms with E-state index in [4.69, 9.17) is 4.42 Å². The molecular weight excluding hydrogens is 326 g/mol. The van der Waals surface area contributed by atoms with Crippen molar-refractivity contribution in [1.82, 2.24) is 10.2 Å². The summed E-state index contributed by atoms with van der Waals surface area (Å²) in [5.41, 5.74) is 2.83. The highest BCUT2D eigenvalue weighted by molar-refractivity contribution is 7.91. The minimum Gasteiger partial charge on any atom is -0.421 e. The van der Waals surface area contributed by atoms with Gasteiger partial charge in [-0.1, -0.05) is 30.3 Å². The number of aromatic nitrogens is 2. The summed E-state index contributed by atoms with van der Waals surface area (Å²) in [5.74, 6) is 0.729. The average Bonchev–Trinajstić information content (AvgIpc) is 2.96. The van der Waals surface area contributed by atoms with Crippen LogP contribution >= 0.6 is 0 Å². The molecule has 0 saturated heterocycles. The van der Waals surface area contributed by atoms with Crippen molar-refractivity contribution in [1.29, 1.82) is 0 Å².